The molecule has 0 saturated heterocycles. The van der Waals surface area contributed by atoms with E-state index in [1.54, 1.807) is 48.5 Å². The Balaban J connectivity index is 0.0000000830. The maximum absolute atomic E-state index is 7.95. The highest BCUT2D eigenvalue weighted by Crippen LogP contribution is 2.38. The van der Waals surface area contributed by atoms with Crippen LogP contribution in [0.25, 0.3) is 146 Å². The van der Waals surface area contributed by atoms with Gasteiger partial charge in [-0.3, -0.25) is 24.9 Å². The van der Waals surface area contributed by atoms with Crippen LogP contribution in [0.4, 0.5) is 0 Å². The normalized spacial score (nSPS) is 13.5. The number of fused-ring (bicyclic) bond motifs is 35. The third-order valence-corrected chi connectivity index (χ3v) is 21.1. The molecule has 0 fully saturated rings. The van der Waals surface area contributed by atoms with E-state index in [4.69, 9.17) is 18.5 Å². The average molecular weight is 1370 g/mol. The number of nitrogens with zero attached hydrogens (tertiary/aromatic N) is 25. The summed E-state index contributed by atoms with van der Waals surface area (Å²) in [5.74, 6) is 3.79. The monoisotopic (exact) mass is 1370 g/mol. The highest BCUT2D eigenvalue weighted by atomic mass is 32.1. The lowest BCUT2D eigenvalue weighted by Gasteiger charge is -2.02. The van der Waals surface area contributed by atoms with Crippen molar-refractivity contribution in [2.24, 2.45) is 14.0 Å². The van der Waals surface area contributed by atoms with E-state index in [9.17, 15) is 0 Å². The van der Waals surface area contributed by atoms with Crippen LogP contribution >= 0.6 is 11.3 Å². The summed E-state index contributed by atoms with van der Waals surface area (Å²) in [5.41, 5.74) is 25.5. The summed E-state index contributed by atoms with van der Waals surface area (Å²) in [7, 11) is 2.07. The van der Waals surface area contributed by atoms with Crippen molar-refractivity contribution >= 4 is 95.3 Å². The van der Waals surface area contributed by atoms with Crippen LogP contribution in [0.1, 0.15) is 31.9 Å². The minimum Gasteiger partial charge on any atom is -0.395 e. The fourth-order valence-electron chi connectivity index (χ4n) is 15.5. The molecule has 0 N–H and O–H groups in total. The van der Waals surface area contributed by atoms with E-state index in [0.29, 0.717) is 29.4 Å². The van der Waals surface area contributed by atoms with Crippen LogP contribution in [-0.4, -0.2) is 95.5 Å². The van der Waals surface area contributed by atoms with Gasteiger partial charge in [-0.1, -0.05) is 47.7 Å². The summed E-state index contributed by atoms with van der Waals surface area (Å²) >= 11 is 1.72. The number of pyridine rings is 8. The van der Waals surface area contributed by atoms with Gasteiger partial charge in [-0.25, -0.2) is 50.7 Å². The third-order valence-electron chi connectivity index (χ3n) is 20.0. The molecule has 26 nitrogen and oxygen atoms in total. The number of aromatic nitrogens is 25. The van der Waals surface area contributed by atoms with Gasteiger partial charge in [0.2, 0.25) is 39.2 Å². The quantitative estimate of drug-likeness (QED) is 0.140. The van der Waals surface area contributed by atoms with E-state index >= 15 is 0 Å². The Labute approximate surface area is 588 Å². The maximum atomic E-state index is 7.95. The molecule has 5 aliphatic heterocycles. The van der Waals surface area contributed by atoms with Crippen molar-refractivity contribution < 1.29 is 31.4 Å². The smallest absolute Gasteiger partial charge is 0.355 e. The van der Waals surface area contributed by atoms with Gasteiger partial charge in [0, 0.05) is 120 Å². The highest BCUT2D eigenvalue weighted by Gasteiger charge is 2.40. The third kappa shape index (κ3) is 8.31. The molecule has 490 valence electrons. The molecule has 0 bridgehead atoms. The van der Waals surface area contributed by atoms with Crippen molar-refractivity contribution in [3.05, 3.63) is 261 Å². The number of rotatable bonds is 1. The molecule has 25 heterocycles. The van der Waals surface area contributed by atoms with E-state index in [1.807, 2.05) is 150 Å². The van der Waals surface area contributed by atoms with Crippen LogP contribution in [0.5, 0.6) is 0 Å². The fraction of sp³-hybridized carbons (Fsp3) is 0.0921. The number of imidazole rings is 8. The number of thiazole rings is 1. The highest BCUT2D eigenvalue weighted by molar-refractivity contribution is 7.20. The number of aryl methyl sites for hydroxylation is 2. The van der Waals surface area contributed by atoms with Gasteiger partial charge >= 0.3 is 22.9 Å². The predicted octanol–water partition coefficient (Wildman–Crippen LogP) is 8.91. The van der Waals surface area contributed by atoms with Crippen molar-refractivity contribution in [2.75, 3.05) is 0 Å². The van der Waals surface area contributed by atoms with Crippen LogP contribution < -0.4 is 22.8 Å². The summed E-state index contributed by atoms with van der Waals surface area (Å²) in [6.07, 6.45) is 31.6. The number of benzene rings is 1. The Morgan fingerprint density at radius 2 is 0.816 bits per heavy atom. The standard InChI is InChI=1S/C20H14N5.C15H12N5.C14H11N6.C14H9N4O.C13H8N5S/c1-2-6-15(7-3-1)25-18-20(23-11-5-4-8-17(23)22-18)24-13-14-9-10-21-12-16(14)19(24)25;1-18-13-15(19-7-3-2-4-12(19)17-13)20-9-10-5-6-16-8-11(10)14(18)20;1-18-12-14(20-8-16-5-3-11(20)17-12)19-7-9-2-4-15-6-10(9)13(18)19;1-2-6-17-11(3-1)16-12-13(17)18-8-9-4-5-15-7-10(9)14(18)19-12;1-3-14-5-9-8(1)6-17-12-11(19-13(9)17)16-10-2-4-15-7-18(10)12/h1-12H,13H2;2-8H,9H2,1H3;2-6,8H,7H2,1H3;1-7H,8H2;1-5,7H,6H2/q5*+1/i;;1D3;;. The lowest BCUT2D eigenvalue weighted by atomic mass is 10.2. The minimum atomic E-state index is -2.33. The molecule has 0 amide bonds. The van der Waals surface area contributed by atoms with Crippen molar-refractivity contribution in [3.63, 3.8) is 0 Å². The first kappa shape index (κ1) is 54.0. The molecular weight excluding hydrogens is 1310 g/mol. The SMILES string of the molecule is Cn1c2[n+](c3c1nc1ccccn13)Cc1ccncc1-2.[2H]C([2H])([2H])n1c2[n+](c3c1nc1ccncn13)Cc1ccncc1-2.c1cc2c(cn1)-c1sc3nc4ccncn4c3[n+]1C2.c1ccc(-n2c3[n+](c4c2nc2ccccn24)Cc2ccncc2-3)cc1.c1ccn2c(c1)nc1oc3[n+](c12)Cc1ccncc1-3. The molecular formula is C76H54N25OS+5. The molecule has 0 aliphatic carbocycles. The molecule has 0 atom stereocenters. The minimum absolute atomic E-state index is 0.433. The Hall–Kier alpha value is -14.0. The molecule has 0 radical (unpaired) electrons. The van der Waals surface area contributed by atoms with Crippen LogP contribution in [0.2, 0.25) is 0 Å². The van der Waals surface area contributed by atoms with Crippen molar-refractivity contribution in [1.82, 2.24) is 95.5 Å². The molecule has 0 spiro atoms. The van der Waals surface area contributed by atoms with Crippen LogP contribution in [0.3, 0.4) is 0 Å². The summed E-state index contributed by atoms with van der Waals surface area (Å²) in [5, 5.41) is 1.24. The largest absolute Gasteiger partial charge is 0.395 e. The zero-order chi connectivity index (χ0) is 70.2. The summed E-state index contributed by atoms with van der Waals surface area (Å²) < 4.78 is 56.8. The second-order valence-electron chi connectivity index (χ2n) is 25.6. The first-order valence-electron chi connectivity index (χ1n) is 34.8. The van der Waals surface area contributed by atoms with E-state index < -0.39 is 6.98 Å². The number of para-hydroxylation sites is 1. The Kier molecular flexibility index (Phi) is 11.4. The summed E-state index contributed by atoms with van der Waals surface area (Å²) in [6, 6.07) is 42.5. The molecule has 1 aromatic carbocycles. The predicted molar refractivity (Wildman–Crippen MR) is 379 cm³/mol. The number of hydrogen-bond donors (Lipinski definition) is 0. The Morgan fingerprint density at radius 3 is 1.44 bits per heavy atom. The van der Waals surface area contributed by atoms with Gasteiger partial charge in [0.1, 0.15) is 18.8 Å². The average Bonchev–Trinajstić information content (AvgIpc) is 1.58. The summed E-state index contributed by atoms with van der Waals surface area (Å²) in [4.78, 5) is 53.8. The molecule has 26 rings (SSSR count). The molecule has 20 aromatic heterocycles. The van der Waals surface area contributed by atoms with Gasteiger partial charge < -0.3 is 4.42 Å². The molecule has 5 aliphatic rings. The maximum Gasteiger partial charge on any atom is 0.355 e. The zero-order valence-electron chi connectivity index (χ0n) is 57.5. The second kappa shape index (κ2) is 21.8. The van der Waals surface area contributed by atoms with Crippen molar-refractivity contribution in [3.8, 4) is 61.9 Å². The van der Waals surface area contributed by atoms with Gasteiger partial charge in [-0.2, -0.15) is 42.7 Å². The van der Waals surface area contributed by atoms with E-state index in [-0.39, 0.29) is 0 Å². The Bertz CT molecular complexity index is 7090. The second-order valence-corrected chi connectivity index (χ2v) is 26.6. The molecule has 21 aromatic rings. The lowest BCUT2D eigenvalue weighted by molar-refractivity contribution is -0.651. The molecule has 0 unspecified atom stereocenters. The van der Waals surface area contributed by atoms with Crippen LogP contribution in [-0.2, 0) is 46.7 Å². The molecule has 27 heteroatoms. The number of hydrogen-bond acceptors (Lipinski definition) is 14. The van der Waals surface area contributed by atoms with E-state index in [1.165, 1.54) is 54.3 Å². The number of oxazole rings is 1. The van der Waals surface area contributed by atoms with Gasteiger partial charge in [-0.05, 0) is 72.8 Å². The Morgan fingerprint density at radius 1 is 0.379 bits per heavy atom. The molecule has 0 saturated carbocycles. The molecule has 103 heavy (non-hydrogen) atoms. The first-order chi connectivity index (χ1) is 52.1. The lowest BCUT2D eigenvalue weighted by Crippen LogP contribution is -2.32. The van der Waals surface area contributed by atoms with Crippen LogP contribution in [0, 0.1) is 0 Å². The van der Waals surface area contributed by atoms with Crippen LogP contribution in [0.15, 0.2) is 237 Å². The van der Waals surface area contributed by atoms with Crippen molar-refractivity contribution in [2.45, 2.75) is 32.7 Å². The first-order valence-corrected chi connectivity index (χ1v) is 34.2. The topological polar surface area (TPSA) is 224 Å². The van der Waals surface area contributed by atoms with Gasteiger partial charge in [-0.15, -0.1) is 0 Å². The fourth-order valence-corrected chi connectivity index (χ4v) is 16.7. The van der Waals surface area contributed by atoms with E-state index in [0.717, 1.165) is 127 Å². The van der Waals surface area contributed by atoms with E-state index in [2.05, 4.69) is 157 Å². The van der Waals surface area contributed by atoms with Gasteiger partial charge in [0.15, 0.2) is 29.0 Å². The van der Waals surface area contributed by atoms with Gasteiger partial charge in [0.25, 0.3) is 33.9 Å². The summed E-state index contributed by atoms with van der Waals surface area (Å²) in [6.45, 7) is 1.68. The van der Waals surface area contributed by atoms with Gasteiger partial charge in [0.05, 0.1) is 84.2 Å². The van der Waals surface area contributed by atoms with Crippen molar-refractivity contribution in [1.29, 1.82) is 0 Å². The zero-order valence-corrected chi connectivity index (χ0v) is 55.3.